The van der Waals surface area contributed by atoms with Gasteiger partial charge in [0.1, 0.15) is 0 Å². The second-order valence-electron chi connectivity index (χ2n) is 8.42. The van der Waals surface area contributed by atoms with Crippen molar-refractivity contribution in [2.24, 2.45) is 0 Å². The van der Waals surface area contributed by atoms with Gasteiger partial charge < -0.3 is 5.32 Å². The first kappa shape index (κ1) is 24.1. The summed E-state index contributed by atoms with van der Waals surface area (Å²) in [5, 5.41) is 3.35. The van der Waals surface area contributed by atoms with Crippen LogP contribution in [0.1, 0.15) is 42.3 Å². The van der Waals surface area contributed by atoms with Crippen LogP contribution in [-0.2, 0) is 21.2 Å². The van der Waals surface area contributed by atoms with Crippen LogP contribution in [0.4, 0.5) is 11.4 Å². The summed E-state index contributed by atoms with van der Waals surface area (Å²) in [5.74, 6) is -0.657. The maximum atomic E-state index is 12.6. The minimum Gasteiger partial charge on any atom is -0.322 e. The maximum Gasteiger partial charge on any atom is 0.255 e. The SMILES string of the molecule is CC(C)(C)c1ccc(C(=O)Nc2cccc(NS(=O)(=O)Cc3c(Cl)cccc3Cl)c2)cc1. The normalized spacial score (nSPS) is 11.8. The van der Waals surface area contributed by atoms with Gasteiger partial charge in [0.2, 0.25) is 10.0 Å². The molecular formula is C24H24Cl2N2O3S. The number of carbonyl (C=O) groups is 1. The molecule has 0 radical (unpaired) electrons. The van der Waals surface area contributed by atoms with Crippen molar-refractivity contribution in [2.45, 2.75) is 31.9 Å². The Morgan fingerprint density at radius 1 is 0.875 bits per heavy atom. The van der Waals surface area contributed by atoms with Gasteiger partial charge in [-0.2, -0.15) is 0 Å². The molecule has 5 nitrogen and oxygen atoms in total. The van der Waals surface area contributed by atoms with E-state index in [1.165, 1.54) is 0 Å². The molecule has 168 valence electrons. The third kappa shape index (κ3) is 6.25. The Balaban J connectivity index is 1.72. The number of sulfonamides is 1. The van der Waals surface area contributed by atoms with E-state index >= 15 is 0 Å². The molecule has 3 rings (SSSR count). The monoisotopic (exact) mass is 490 g/mol. The highest BCUT2D eigenvalue weighted by Gasteiger charge is 2.18. The van der Waals surface area contributed by atoms with Crippen molar-refractivity contribution in [3.05, 3.63) is 93.5 Å². The van der Waals surface area contributed by atoms with Gasteiger partial charge in [-0.1, -0.05) is 68.2 Å². The van der Waals surface area contributed by atoms with Crippen molar-refractivity contribution in [3.63, 3.8) is 0 Å². The van der Waals surface area contributed by atoms with E-state index in [4.69, 9.17) is 23.2 Å². The van der Waals surface area contributed by atoms with Gasteiger partial charge >= 0.3 is 0 Å². The van der Waals surface area contributed by atoms with Crippen LogP contribution in [0, 0.1) is 0 Å². The highest BCUT2D eigenvalue weighted by atomic mass is 35.5. The number of amides is 1. The molecule has 0 aliphatic carbocycles. The molecular weight excluding hydrogens is 467 g/mol. The molecule has 1 amide bonds. The van der Waals surface area contributed by atoms with Crippen LogP contribution in [0.3, 0.4) is 0 Å². The molecule has 0 spiro atoms. The molecule has 8 heteroatoms. The van der Waals surface area contributed by atoms with Gasteiger partial charge in [-0.3, -0.25) is 9.52 Å². The van der Waals surface area contributed by atoms with E-state index in [9.17, 15) is 13.2 Å². The summed E-state index contributed by atoms with van der Waals surface area (Å²) in [4.78, 5) is 12.6. The van der Waals surface area contributed by atoms with E-state index in [1.54, 1.807) is 54.6 Å². The topological polar surface area (TPSA) is 75.3 Å². The molecule has 0 aliphatic heterocycles. The summed E-state index contributed by atoms with van der Waals surface area (Å²) >= 11 is 12.2. The van der Waals surface area contributed by atoms with Crippen molar-refractivity contribution >= 4 is 50.5 Å². The molecule has 2 N–H and O–H groups in total. The lowest BCUT2D eigenvalue weighted by molar-refractivity contribution is 0.102. The summed E-state index contributed by atoms with van der Waals surface area (Å²) in [7, 11) is -3.78. The second kappa shape index (κ2) is 9.53. The van der Waals surface area contributed by atoms with E-state index in [2.05, 4.69) is 30.8 Å². The minimum atomic E-state index is -3.78. The van der Waals surface area contributed by atoms with Gasteiger partial charge in [0.25, 0.3) is 5.91 Å². The van der Waals surface area contributed by atoms with Crippen molar-refractivity contribution < 1.29 is 13.2 Å². The molecule has 0 fully saturated rings. The Hall–Kier alpha value is -2.54. The molecule has 32 heavy (non-hydrogen) atoms. The van der Waals surface area contributed by atoms with Gasteiger partial charge in [0, 0.05) is 26.9 Å². The fraction of sp³-hybridized carbons (Fsp3) is 0.208. The molecule has 0 aromatic heterocycles. The average Bonchev–Trinajstić information content (AvgIpc) is 2.70. The van der Waals surface area contributed by atoms with Crippen LogP contribution in [-0.4, -0.2) is 14.3 Å². The predicted molar refractivity (Wildman–Crippen MR) is 132 cm³/mol. The van der Waals surface area contributed by atoms with Gasteiger partial charge in [-0.15, -0.1) is 0 Å². The smallest absolute Gasteiger partial charge is 0.255 e. The quantitative estimate of drug-likeness (QED) is 0.414. The number of nitrogens with one attached hydrogen (secondary N) is 2. The minimum absolute atomic E-state index is 0.00525. The molecule has 0 aliphatic rings. The van der Waals surface area contributed by atoms with E-state index in [0.717, 1.165) is 5.56 Å². The van der Waals surface area contributed by atoms with Gasteiger partial charge in [0.05, 0.1) is 11.4 Å². The van der Waals surface area contributed by atoms with Crippen LogP contribution < -0.4 is 10.0 Å². The Bertz CT molecular complexity index is 1210. The lowest BCUT2D eigenvalue weighted by atomic mass is 9.87. The first-order chi connectivity index (χ1) is 14.9. The van der Waals surface area contributed by atoms with Crippen molar-refractivity contribution in [1.29, 1.82) is 0 Å². The van der Waals surface area contributed by atoms with E-state index in [1.807, 2.05) is 12.1 Å². The number of halogens is 2. The summed E-state index contributed by atoms with van der Waals surface area (Å²) in [6.45, 7) is 6.32. The second-order valence-corrected chi connectivity index (χ2v) is 11.0. The van der Waals surface area contributed by atoms with E-state index in [0.29, 0.717) is 22.5 Å². The average molecular weight is 491 g/mol. The van der Waals surface area contributed by atoms with Crippen LogP contribution in [0.25, 0.3) is 0 Å². The highest BCUT2D eigenvalue weighted by molar-refractivity contribution is 7.91. The van der Waals surface area contributed by atoms with Gasteiger partial charge in [0.15, 0.2) is 0 Å². The maximum absolute atomic E-state index is 12.6. The fourth-order valence-electron chi connectivity index (χ4n) is 3.06. The molecule has 3 aromatic carbocycles. The number of benzene rings is 3. The number of rotatable bonds is 6. The zero-order valence-corrected chi connectivity index (χ0v) is 20.3. The van der Waals surface area contributed by atoms with Crippen LogP contribution in [0.2, 0.25) is 10.0 Å². The third-order valence-corrected chi connectivity index (χ3v) is 6.73. The molecule has 0 atom stereocenters. The van der Waals surface area contributed by atoms with Gasteiger partial charge in [-0.25, -0.2) is 8.42 Å². The predicted octanol–water partition coefficient (Wildman–Crippen LogP) is 6.49. The summed E-state index contributed by atoms with van der Waals surface area (Å²) < 4.78 is 27.8. The molecule has 0 saturated heterocycles. The lowest BCUT2D eigenvalue weighted by Gasteiger charge is -2.19. The van der Waals surface area contributed by atoms with Crippen molar-refractivity contribution in [3.8, 4) is 0 Å². The lowest BCUT2D eigenvalue weighted by Crippen LogP contribution is -2.16. The largest absolute Gasteiger partial charge is 0.322 e. The first-order valence-electron chi connectivity index (χ1n) is 9.90. The Labute approximate surface area is 198 Å². The van der Waals surface area contributed by atoms with Crippen LogP contribution in [0.5, 0.6) is 0 Å². The van der Waals surface area contributed by atoms with Crippen molar-refractivity contribution in [2.75, 3.05) is 10.0 Å². The molecule has 3 aromatic rings. The van der Waals surface area contributed by atoms with Crippen LogP contribution in [0.15, 0.2) is 66.7 Å². The van der Waals surface area contributed by atoms with E-state index in [-0.39, 0.29) is 27.1 Å². The Morgan fingerprint density at radius 3 is 2.03 bits per heavy atom. The zero-order chi connectivity index (χ0) is 23.5. The zero-order valence-electron chi connectivity index (χ0n) is 17.9. The summed E-state index contributed by atoms with van der Waals surface area (Å²) in [6.07, 6.45) is 0. The number of hydrogen-bond donors (Lipinski definition) is 2. The third-order valence-electron chi connectivity index (χ3n) is 4.80. The van der Waals surface area contributed by atoms with Crippen LogP contribution >= 0.6 is 23.2 Å². The molecule has 0 heterocycles. The Morgan fingerprint density at radius 2 is 1.44 bits per heavy atom. The first-order valence-corrected chi connectivity index (χ1v) is 12.3. The molecule has 0 saturated carbocycles. The number of anilines is 2. The van der Waals surface area contributed by atoms with E-state index < -0.39 is 10.0 Å². The number of carbonyl (C=O) groups excluding carboxylic acids is 1. The highest BCUT2D eigenvalue weighted by Crippen LogP contribution is 2.27. The fourth-order valence-corrected chi connectivity index (χ4v) is 5.00. The molecule has 0 unspecified atom stereocenters. The van der Waals surface area contributed by atoms with Gasteiger partial charge in [-0.05, 0) is 53.4 Å². The number of hydrogen-bond acceptors (Lipinski definition) is 3. The Kier molecular flexibility index (Phi) is 7.18. The summed E-state index contributed by atoms with van der Waals surface area (Å²) in [6, 6.07) is 18.7. The summed E-state index contributed by atoms with van der Waals surface area (Å²) in [5.41, 5.74) is 2.74. The van der Waals surface area contributed by atoms with Crippen molar-refractivity contribution in [1.82, 2.24) is 0 Å². The molecule has 0 bridgehead atoms. The standard InChI is InChI=1S/C24H24Cl2N2O3S/c1-24(2,3)17-12-10-16(11-13-17)23(29)27-18-6-4-7-19(14-18)28-32(30,31)15-20-21(25)8-5-9-22(20)26/h4-14,28H,15H2,1-3H3,(H,27,29).